The number of benzene rings is 1. The predicted octanol–water partition coefficient (Wildman–Crippen LogP) is 4.65. The Bertz CT molecular complexity index is 1350. The van der Waals surface area contributed by atoms with E-state index < -0.39 is 18.9 Å². The highest BCUT2D eigenvalue weighted by atomic mass is 35.5. The monoisotopic (exact) mass is 602 g/mol. The van der Waals surface area contributed by atoms with Crippen molar-refractivity contribution in [3.63, 3.8) is 0 Å². The first kappa shape index (κ1) is 29.9. The van der Waals surface area contributed by atoms with Gasteiger partial charge in [0, 0.05) is 35.9 Å². The normalized spacial score (nSPS) is 18.3. The Morgan fingerprint density at radius 1 is 1.18 bits per heavy atom. The Labute approximate surface area is 237 Å². The van der Waals surface area contributed by atoms with Gasteiger partial charge in [-0.25, -0.2) is 15.0 Å². The lowest BCUT2D eigenvalue weighted by Crippen LogP contribution is -2.53. The number of hydrogen-bond donors (Lipinski definition) is 4. The smallest absolute Gasteiger partial charge is 0.405 e. The van der Waals surface area contributed by atoms with Crippen molar-refractivity contribution in [2.45, 2.75) is 30.9 Å². The Morgan fingerprint density at radius 2 is 1.88 bits per heavy atom. The lowest BCUT2D eigenvalue weighted by atomic mass is 10.0. The molecule has 1 saturated heterocycles. The van der Waals surface area contributed by atoms with Crippen molar-refractivity contribution in [1.29, 1.82) is 0 Å². The van der Waals surface area contributed by atoms with Gasteiger partial charge in [0.05, 0.1) is 42.6 Å². The lowest BCUT2D eigenvalue weighted by molar-refractivity contribution is -0.115. The lowest BCUT2D eigenvalue weighted by Gasteiger charge is -2.33. The highest BCUT2D eigenvalue weighted by molar-refractivity contribution is 6.41. The van der Waals surface area contributed by atoms with E-state index >= 15 is 0 Å². The highest BCUT2D eigenvalue weighted by Crippen LogP contribution is 2.46. The Kier molecular flexibility index (Phi) is 9.41. The third kappa shape index (κ3) is 6.78. The molecule has 10 nitrogen and oxygen atoms in total. The van der Waals surface area contributed by atoms with Crippen molar-refractivity contribution in [2.24, 2.45) is 0 Å². The van der Waals surface area contributed by atoms with E-state index in [2.05, 4.69) is 37.5 Å². The molecule has 1 unspecified atom stereocenters. The number of anilines is 2. The van der Waals surface area contributed by atoms with Gasteiger partial charge in [-0.3, -0.25) is 5.32 Å². The number of hydrogen-bond acceptors (Lipinski definition) is 10. The number of methoxy groups -OCH3 is 2. The maximum atomic E-state index is 13.2. The summed E-state index contributed by atoms with van der Waals surface area (Å²) in [5.74, 6) is 0.437. The molecular weight excluding hydrogens is 576 g/mol. The molecule has 0 aliphatic carbocycles. The first-order valence-electron chi connectivity index (χ1n) is 12.0. The van der Waals surface area contributed by atoms with Crippen LogP contribution < -0.4 is 25.4 Å². The standard InChI is InChI=1S/C25H27Cl2F3N6O4/c1-4-18(37)33-13-5-6-40-10-15(13)35-24-31-9-12-7-14(34-23(22(12)36-24)32-11-25(28,29)30)19-20(26)16(38-2)8-17(39-3)21(19)27/h4,7-9,13,15,18,33,37H,1,5-6,10-11H2,2-3H3,(H,32,34)(H,31,35,36)/t13-,15+,18?/m0/s1. The summed E-state index contributed by atoms with van der Waals surface area (Å²) in [5, 5.41) is 19.0. The Morgan fingerprint density at radius 3 is 2.50 bits per heavy atom. The number of nitrogens with one attached hydrogen (secondary N) is 3. The number of aliphatic hydroxyl groups is 1. The van der Waals surface area contributed by atoms with Crippen molar-refractivity contribution in [1.82, 2.24) is 20.3 Å². The van der Waals surface area contributed by atoms with E-state index in [0.717, 1.165) is 0 Å². The third-order valence-corrected chi connectivity index (χ3v) is 6.88. The van der Waals surface area contributed by atoms with Crippen LogP contribution >= 0.6 is 23.2 Å². The number of fused-ring (bicyclic) bond motifs is 1. The molecule has 0 bridgehead atoms. The van der Waals surface area contributed by atoms with E-state index in [0.29, 0.717) is 18.4 Å². The van der Waals surface area contributed by atoms with Gasteiger partial charge in [0.25, 0.3) is 0 Å². The molecule has 3 aromatic rings. The van der Waals surface area contributed by atoms with Crippen molar-refractivity contribution >= 4 is 45.9 Å². The molecular formula is C25H27Cl2F3N6O4. The van der Waals surface area contributed by atoms with E-state index in [1.54, 1.807) is 6.07 Å². The van der Waals surface area contributed by atoms with Gasteiger partial charge in [-0.2, -0.15) is 13.2 Å². The van der Waals surface area contributed by atoms with Crippen LogP contribution in [0.1, 0.15) is 6.42 Å². The number of pyridine rings is 1. The number of rotatable bonds is 10. The van der Waals surface area contributed by atoms with E-state index in [1.807, 2.05) is 0 Å². The molecule has 1 aliphatic rings. The first-order valence-corrected chi connectivity index (χ1v) is 12.8. The van der Waals surface area contributed by atoms with Gasteiger partial charge in [0.1, 0.15) is 29.8 Å². The molecule has 1 aromatic carbocycles. The fourth-order valence-electron chi connectivity index (χ4n) is 4.19. The summed E-state index contributed by atoms with van der Waals surface area (Å²) in [4.78, 5) is 13.2. The first-order chi connectivity index (χ1) is 19.0. The Hall–Kier alpha value is -3.10. The van der Waals surface area contributed by atoms with Crippen molar-refractivity contribution in [3.8, 4) is 22.8 Å². The van der Waals surface area contributed by atoms with Gasteiger partial charge in [-0.1, -0.05) is 29.8 Å². The predicted molar refractivity (Wildman–Crippen MR) is 146 cm³/mol. The van der Waals surface area contributed by atoms with Gasteiger partial charge in [0.15, 0.2) is 5.82 Å². The van der Waals surface area contributed by atoms with Gasteiger partial charge >= 0.3 is 6.18 Å². The molecule has 1 aliphatic heterocycles. The number of aromatic nitrogens is 3. The minimum absolute atomic E-state index is 0.0960. The zero-order valence-corrected chi connectivity index (χ0v) is 23.0. The van der Waals surface area contributed by atoms with Crippen LogP contribution in [0.4, 0.5) is 24.9 Å². The maximum absolute atomic E-state index is 13.2. The van der Waals surface area contributed by atoms with Crippen molar-refractivity contribution < 1.29 is 32.5 Å². The second-order valence-corrected chi connectivity index (χ2v) is 9.56. The average molecular weight is 603 g/mol. The number of alkyl halides is 3. The van der Waals surface area contributed by atoms with Crippen LogP contribution in [0, 0.1) is 0 Å². The van der Waals surface area contributed by atoms with E-state index in [9.17, 15) is 18.3 Å². The second-order valence-electron chi connectivity index (χ2n) is 8.81. The Balaban J connectivity index is 1.78. The van der Waals surface area contributed by atoms with E-state index in [4.69, 9.17) is 37.4 Å². The van der Waals surface area contributed by atoms with Crippen molar-refractivity contribution in [2.75, 3.05) is 44.6 Å². The van der Waals surface area contributed by atoms with Crippen LogP contribution in [-0.2, 0) is 4.74 Å². The SMILES string of the molecule is C=CC(O)N[C@H]1CCOC[C@H]1Nc1ncc2cc(-c3c(Cl)c(OC)cc(OC)c3Cl)nc(NCC(F)(F)F)c2n1. The summed E-state index contributed by atoms with van der Waals surface area (Å²) >= 11 is 13.1. The summed E-state index contributed by atoms with van der Waals surface area (Å²) in [6.07, 6.45) is -2.07. The third-order valence-electron chi connectivity index (χ3n) is 6.13. The largest absolute Gasteiger partial charge is 0.495 e. The van der Waals surface area contributed by atoms with E-state index in [-0.39, 0.29) is 68.8 Å². The fraction of sp³-hybridized carbons (Fsp3) is 0.400. The quantitative estimate of drug-likeness (QED) is 0.192. The summed E-state index contributed by atoms with van der Waals surface area (Å²) in [6, 6.07) is 2.49. The summed E-state index contributed by atoms with van der Waals surface area (Å²) in [5.41, 5.74) is 0.477. The van der Waals surface area contributed by atoms with Gasteiger partial charge in [-0.05, 0) is 18.6 Å². The van der Waals surface area contributed by atoms with Crippen LogP contribution in [-0.4, -0.2) is 78.5 Å². The zero-order valence-electron chi connectivity index (χ0n) is 21.5. The van der Waals surface area contributed by atoms with Crippen molar-refractivity contribution in [3.05, 3.63) is 41.0 Å². The molecule has 4 rings (SSSR count). The summed E-state index contributed by atoms with van der Waals surface area (Å²) in [6.45, 7) is 2.96. The minimum atomic E-state index is -4.53. The molecule has 1 fully saturated rings. The number of aliphatic hydroxyl groups excluding tert-OH is 1. The van der Waals surface area contributed by atoms with E-state index in [1.165, 1.54) is 32.6 Å². The molecule has 0 saturated carbocycles. The van der Waals surface area contributed by atoms with Crippen LogP contribution in [0.2, 0.25) is 10.0 Å². The topological polar surface area (TPSA) is 123 Å². The van der Waals surface area contributed by atoms with Gasteiger partial charge < -0.3 is 30.0 Å². The maximum Gasteiger partial charge on any atom is 0.405 e. The molecule has 2 aromatic heterocycles. The average Bonchev–Trinajstić information content (AvgIpc) is 2.92. The molecule has 3 atom stereocenters. The number of halogens is 5. The van der Waals surface area contributed by atoms with Gasteiger partial charge in [-0.15, -0.1) is 0 Å². The van der Waals surface area contributed by atoms with Crippen LogP contribution in [0.5, 0.6) is 11.5 Å². The van der Waals surface area contributed by atoms with Gasteiger partial charge in [0.2, 0.25) is 5.95 Å². The molecule has 216 valence electrons. The number of nitrogens with zero attached hydrogens (tertiary/aromatic N) is 3. The molecule has 40 heavy (non-hydrogen) atoms. The number of ether oxygens (including phenoxy) is 3. The molecule has 0 spiro atoms. The molecule has 0 amide bonds. The highest BCUT2D eigenvalue weighted by Gasteiger charge is 2.30. The van der Waals surface area contributed by atoms with Crippen LogP contribution in [0.25, 0.3) is 22.2 Å². The molecule has 0 radical (unpaired) electrons. The fourth-order valence-corrected chi connectivity index (χ4v) is 4.88. The molecule has 3 heterocycles. The zero-order chi connectivity index (χ0) is 29.0. The molecule has 15 heteroatoms. The summed E-state index contributed by atoms with van der Waals surface area (Å²) in [7, 11) is 2.81. The van der Waals surface area contributed by atoms with Crippen LogP contribution in [0.15, 0.2) is 31.0 Å². The molecule has 4 N–H and O–H groups in total. The second kappa shape index (κ2) is 12.6. The summed E-state index contributed by atoms with van der Waals surface area (Å²) < 4.78 is 55.8. The van der Waals surface area contributed by atoms with Crippen LogP contribution in [0.3, 0.4) is 0 Å². The minimum Gasteiger partial charge on any atom is -0.495 e.